The molecular weight excluding hydrogens is 318 g/mol. The van der Waals surface area contributed by atoms with Gasteiger partial charge >= 0.3 is 0 Å². The summed E-state index contributed by atoms with van der Waals surface area (Å²) >= 11 is 7.78. The van der Waals surface area contributed by atoms with Crippen LogP contribution in [0.1, 0.15) is 0 Å². The van der Waals surface area contributed by atoms with Crippen molar-refractivity contribution in [3.63, 3.8) is 0 Å². The topological polar surface area (TPSA) is 36.7 Å². The van der Waals surface area contributed by atoms with Crippen LogP contribution in [0, 0.1) is 0 Å². The molecule has 1 saturated heterocycles. The Balaban J connectivity index is 1.80. The molecule has 0 radical (unpaired) electrons. The minimum absolute atomic E-state index is 0.709. The summed E-state index contributed by atoms with van der Waals surface area (Å²) in [5, 5.41) is 1.65. The molecule has 2 aliphatic heterocycles. The first-order valence-electron chi connectivity index (χ1n) is 7.24. The summed E-state index contributed by atoms with van der Waals surface area (Å²) < 4.78 is 2.07. The van der Waals surface area contributed by atoms with Gasteiger partial charge in [0.1, 0.15) is 0 Å². The number of imidazole rings is 1. The lowest BCUT2D eigenvalue weighted by Gasteiger charge is -2.34. The maximum absolute atomic E-state index is 6.15. The summed E-state index contributed by atoms with van der Waals surface area (Å²) in [4.78, 5) is 15.1. The second-order valence-corrected chi connectivity index (χ2v) is 6.94. The molecule has 0 amide bonds. The van der Waals surface area contributed by atoms with Gasteiger partial charge in [-0.25, -0.2) is 9.98 Å². The largest absolute Gasteiger partial charge is 0.339 e. The second kappa shape index (κ2) is 5.61. The molecule has 1 aromatic heterocycles. The van der Waals surface area contributed by atoms with Crippen LogP contribution in [0.2, 0.25) is 5.02 Å². The number of piperazine rings is 1. The van der Waals surface area contributed by atoms with Crippen LogP contribution >= 0.6 is 23.4 Å². The van der Waals surface area contributed by atoms with E-state index in [4.69, 9.17) is 16.6 Å². The molecule has 114 valence electrons. The van der Waals surface area contributed by atoms with E-state index in [9.17, 15) is 0 Å². The van der Waals surface area contributed by atoms with Crippen molar-refractivity contribution in [2.24, 2.45) is 4.99 Å². The molecule has 22 heavy (non-hydrogen) atoms. The van der Waals surface area contributed by atoms with Crippen molar-refractivity contribution >= 4 is 35.0 Å². The Bertz CT molecular complexity index is 733. The molecular formula is C15H16ClN5S. The monoisotopic (exact) mass is 333 g/mol. The third-order valence-electron chi connectivity index (χ3n) is 3.95. The van der Waals surface area contributed by atoms with Crippen molar-refractivity contribution in [1.82, 2.24) is 19.4 Å². The smallest absolute Gasteiger partial charge is 0.212 e. The molecule has 1 fully saturated rings. The SMILES string of the molecule is CN1CCN(C2=Nc3cc(Cl)ccc3Sc3nccn32)CC1. The number of benzene rings is 1. The molecule has 3 heterocycles. The molecule has 0 unspecified atom stereocenters. The van der Waals surface area contributed by atoms with Gasteiger partial charge in [0.15, 0.2) is 5.16 Å². The van der Waals surface area contributed by atoms with Gasteiger partial charge in [-0.15, -0.1) is 0 Å². The molecule has 0 spiro atoms. The number of likely N-dealkylation sites (N-methyl/N-ethyl adjacent to an activating group) is 1. The van der Waals surface area contributed by atoms with Crippen LogP contribution in [0.4, 0.5) is 5.69 Å². The van der Waals surface area contributed by atoms with E-state index in [-0.39, 0.29) is 0 Å². The van der Waals surface area contributed by atoms with E-state index in [1.165, 1.54) is 0 Å². The van der Waals surface area contributed by atoms with Crippen LogP contribution < -0.4 is 0 Å². The fraction of sp³-hybridized carbons (Fsp3) is 0.333. The second-order valence-electron chi connectivity index (χ2n) is 5.50. The molecule has 5 nitrogen and oxygen atoms in total. The van der Waals surface area contributed by atoms with E-state index in [2.05, 4.69) is 26.4 Å². The van der Waals surface area contributed by atoms with E-state index in [0.29, 0.717) is 5.02 Å². The van der Waals surface area contributed by atoms with Crippen LogP contribution in [0.3, 0.4) is 0 Å². The van der Waals surface area contributed by atoms with Gasteiger partial charge in [0, 0.05) is 48.5 Å². The maximum atomic E-state index is 6.15. The fourth-order valence-electron chi connectivity index (χ4n) is 2.67. The van der Waals surface area contributed by atoms with E-state index in [1.807, 2.05) is 30.6 Å². The van der Waals surface area contributed by atoms with Gasteiger partial charge in [0.2, 0.25) is 5.96 Å². The Kier molecular flexibility index (Phi) is 3.60. The minimum atomic E-state index is 0.709. The van der Waals surface area contributed by atoms with E-state index >= 15 is 0 Å². The zero-order valence-electron chi connectivity index (χ0n) is 12.2. The van der Waals surface area contributed by atoms with Crippen LogP contribution in [-0.4, -0.2) is 58.5 Å². The average molecular weight is 334 g/mol. The zero-order chi connectivity index (χ0) is 15.1. The maximum Gasteiger partial charge on any atom is 0.212 e. The average Bonchev–Trinajstić information content (AvgIpc) is 2.91. The molecule has 0 bridgehead atoms. The summed E-state index contributed by atoms with van der Waals surface area (Å²) in [6.07, 6.45) is 3.81. The van der Waals surface area contributed by atoms with E-state index in [1.54, 1.807) is 11.8 Å². The Morgan fingerprint density at radius 3 is 2.82 bits per heavy atom. The number of hydrogen-bond acceptors (Lipinski definition) is 5. The van der Waals surface area contributed by atoms with Crippen molar-refractivity contribution in [2.45, 2.75) is 10.1 Å². The highest BCUT2D eigenvalue weighted by atomic mass is 35.5. The summed E-state index contributed by atoms with van der Waals surface area (Å²) in [7, 11) is 2.15. The number of halogens is 1. The Hall–Kier alpha value is -1.50. The van der Waals surface area contributed by atoms with E-state index < -0.39 is 0 Å². The van der Waals surface area contributed by atoms with Gasteiger partial charge in [-0.2, -0.15) is 0 Å². The number of nitrogens with zero attached hydrogens (tertiary/aromatic N) is 5. The highest BCUT2D eigenvalue weighted by Gasteiger charge is 2.24. The molecule has 2 aliphatic rings. The summed E-state index contributed by atoms with van der Waals surface area (Å²) in [5.74, 6) is 0.939. The lowest BCUT2D eigenvalue weighted by molar-refractivity contribution is 0.211. The van der Waals surface area contributed by atoms with Crippen LogP contribution in [0.5, 0.6) is 0 Å². The number of rotatable bonds is 0. The van der Waals surface area contributed by atoms with Crippen molar-refractivity contribution in [3.8, 4) is 0 Å². The number of fused-ring (bicyclic) bond motifs is 2. The standard InChI is InChI=1S/C15H16ClN5S/c1-19-6-8-20(9-7-19)14-18-12-10-11(16)2-3-13(12)22-15-17-4-5-21(14)15/h2-5,10H,6-9H2,1H3. The summed E-state index contributed by atoms with van der Waals surface area (Å²) in [5.41, 5.74) is 0.914. The van der Waals surface area contributed by atoms with Gasteiger partial charge in [0.25, 0.3) is 0 Å². The van der Waals surface area contributed by atoms with Crippen LogP contribution in [0.25, 0.3) is 0 Å². The third kappa shape index (κ3) is 2.51. The predicted molar refractivity (Wildman–Crippen MR) is 89.4 cm³/mol. The Morgan fingerprint density at radius 1 is 1.18 bits per heavy atom. The zero-order valence-corrected chi connectivity index (χ0v) is 13.8. The predicted octanol–water partition coefficient (Wildman–Crippen LogP) is 2.78. The Morgan fingerprint density at radius 2 is 2.00 bits per heavy atom. The lowest BCUT2D eigenvalue weighted by atomic mass is 10.3. The molecule has 0 atom stereocenters. The minimum Gasteiger partial charge on any atom is -0.339 e. The molecule has 0 saturated carbocycles. The number of hydrogen-bond donors (Lipinski definition) is 0. The van der Waals surface area contributed by atoms with Crippen molar-refractivity contribution < 1.29 is 0 Å². The van der Waals surface area contributed by atoms with Crippen molar-refractivity contribution in [3.05, 3.63) is 35.6 Å². The van der Waals surface area contributed by atoms with Gasteiger partial charge in [-0.1, -0.05) is 11.6 Å². The fourth-order valence-corrected chi connectivity index (χ4v) is 3.73. The third-order valence-corrected chi connectivity index (χ3v) is 5.24. The first kappa shape index (κ1) is 14.1. The molecule has 2 aromatic rings. The quantitative estimate of drug-likeness (QED) is 0.743. The van der Waals surface area contributed by atoms with E-state index in [0.717, 1.165) is 47.9 Å². The first-order chi connectivity index (χ1) is 10.7. The Labute approximate surface area is 138 Å². The van der Waals surface area contributed by atoms with Crippen molar-refractivity contribution in [2.75, 3.05) is 33.2 Å². The highest BCUT2D eigenvalue weighted by molar-refractivity contribution is 7.99. The molecule has 7 heteroatoms. The van der Waals surface area contributed by atoms with Gasteiger partial charge in [-0.3, -0.25) is 4.57 Å². The van der Waals surface area contributed by atoms with Gasteiger partial charge < -0.3 is 9.80 Å². The van der Waals surface area contributed by atoms with Crippen LogP contribution in [-0.2, 0) is 0 Å². The molecule has 0 N–H and O–H groups in total. The van der Waals surface area contributed by atoms with Gasteiger partial charge in [-0.05, 0) is 37.0 Å². The normalized spacial score (nSPS) is 18.5. The molecule has 0 aliphatic carbocycles. The highest BCUT2D eigenvalue weighted by Crippen LogP contribution is 2.38. The first-order valence-corrected chi connectivity index (χ1v) is 8.43. The number of aliphatic imine (C=N–C) groups is 1. The molecule has 1 aromatic carbocycles. The van der Waals surface area contributed by atoms with Gasteiger partial charge in [0.05, 0.1) is 5.69 Å². The summed E-state index contributed by atoms with van der Waals surface area (Å²) in [6, 6.07) is 5.83. The lowest BCUT2D eigenvalue weighted by Crippen LogP contribution is -2.49. The van der Waals surface area contributed by atoms with Crippen LogP contribution in [0.15, 0.2) is 45.6 Å². The number of aromatic nitrogens is 2. The summed E-state index contributed by atoms with van der Waals surface area (Å²) in [6.45, 7) is 4.01. The van der Waals surface area contributed by atoms with Crippen molar-refractivity contribution in [1.29, 1.82) is 0 Å². The molecule has 4 rings (SSSR count).